The van der Waals surface area contributed by atoms with Crippen molar-refractivity contribution in [2.24, 2.45) is 0 Å². The molecule has 36 heavy (non-hydrogen) atoms. The van der Waals surface area contributed by atoms with E-state index in [4.69, 9.17) is 4.98 Å². The summed E-state index contributed by atoms with van der Waals surface area (Å²) in [5.41, 5.74) is 4.13. The first-order chi connectivity index (χ1) is 17.4. The predicted molar refractivity (Wildman–Crippen MR) is 143 cm³/mol. The Kier molecular flexibility index (Phi) is 6.61. The largest absolute Gasteiger partial charge is 0.349 e. The molecule has 0 atom stereocenters. The van der Waals surface area contributed by atoms with Gasteiger partial charge >= 0.3 is 0 Å². The topological polar surface area (TPSA) is 93.1 Å². The van der Waals surface area contributed by atoms with Gasteiger partial charge in [-0.15, -0.1) is 0 Å². The highest BCUT2D eigenvalue weighted by Gasteiger charge is 2.24. The van der Waals surface area contributed by atoms with E-state index < -0.39 is 0 Å². The summed E-state index contributed by atoms with van der Waals surface area (Å²) in [6, 6.07) is 20.2. The summed E-state index contributed by atoms with van der Waals surface area (Å²) in [6.45, 7) is 3.91. The number of amides is 2. The Labute approximate surface area is 212 Å². The lowest BCUT2D eigenvalue weighted by Crippen LogP contribution is -2.25. The number of hydrogen-bond donors (Lipinski definition) is 2. The number of hydrogen-bond acceptors (Lipinski definition) is 5. The van der Waals surface area contributed by atoms with E-state index in [0.717, 1.165) is 29.7 Å². The number of aryl methyl sites for hydroxylation is 2. The number of nitrogens with zero attached hydrogens (tertiary/aromatic N) is 2. The zero-order valence-corrected chi connectivity index (χ0v) is 20.9. The molecule has 1 heterocycles. The molecule has 0 radical (unpaired) electrons. The normalized spacial score (nSPS) is 12.9. The molecule has 182 valence electrons. The standard InChI is InChI=1S/C28H26N4O3S/c1-17-7-5-8-18(2)25(17)32-27(35)22-11-3-4-12-23(22)31-28(32)36-16-24(33)29-21-10-6-9-19(15-21)26(34)30-20-13-14-20/h3-12,15,20H,13-14,16H2,1-2H3,(H,29,33)(H,30,34). The number of rotatable bonds is 7. The average Bonchev–Trinajstić information content (AvgIpc) is 3.68. The molecule has 5 rings (SSSR count). The molecule has 1 aromatic heterocycles. The van der Waals surface area contributed by atoms with Gasteiger partial charge in [0.05, 0.1) is 22.3 Å². The minimum Gasteiger partial charge on any atom is -0.349 e. The van der Waals surface area contributed by atoms with Gasteiger partial charge in [0.2, 0.25) is 5.91 Å². The number of carbonyl (C=O) groups excluding carboxylic acids is 2. The van der Waals surface area contributed by atoms with Crippen LogP contribution in [0.4, 0.5) is 5.69 Å². The van der Waals surface area contributed by atoms with E-state index in [0.29, 0.717) is 27.3 Å². The van der Waals surface area contributed by atoms with Gasteiger partial charge in [0.1, 0.15) is 0 Å². The van der Waals surface area contributed by atoms with Crippen molar-refractivity contribution in [3.63, 3.8) is 0 Å². The van der Waals surface area contributed by atoms with Gasteiger partial charge in [0.15, 0.2) is 5.16 Å². The third-order valence-corrected chi connectivity index (χ3v) is 7.00. The molecule has 2 N–H and O–H groups in total. The smallest absolute Gasteiger partial charge is 0.266 e. The fraction of sp³-hybridized carbons (Fsp3) is 0.214. The van der Waals surface area contributed by atoms with Crippen LogP contribution in [0.15, 0.2) is 76.7 Å². The number of carbonyl (C=O) groups is 2. The highest BCUT2D eigenvalue weighted by Crippen LogP contribution is 2.26. The fourth-order valence-electron chi connectivity index (χ4n) is 4.13. The lowest BCUT2D eigenvalue weighted by molar-refractivity contribution is -0.113. The summed E-state index contributed by atoms with van der Waals surface area (Å²) in [5, 5.41) is 6.78. The molecule has 2 amide bonds. The van der Waals surface area contributed by atoms with Crippen LogP contribution in [0.1, 0.15) is 34.3 Å². The van der Waals surface area contributed by atoms with Crippen LogP contribution in [-0.4, -0.2) is 33.2 Å². The molecule has 1 fully saturated rings. The number of anilines is 1. The fourth-order valence-corrected chi connectivity index (χ4v) is 4.93. The van der Waals surface area contributed by atoms with E-state index in [9.17, 15) is 14.4 Å². The van der Waals surface area contributed by atoms with Crippen LogP contribution < -0.4 is 16.2 Å². The van der Waals surface area contributed by atoms with E-state index in [1.54, 1.807) is 41.0 Å². The van der Waals surface area contributed by atoms with Crippen LogP contribution in [0.5, 0.6) is 0 Å². The van der Waals surface area contributed by atoms with Crippen LogP contribution >= 0.6 is 11.8 Å². The second-order valence-electron chi connectivity index (χ2n) is 8.96. The lowest BCUT2D eigenvalue weighted by atomic mass is 10.1. The van der Waals surface area contributed by atoms with Crippen molar-refractivity contribution in [1.82, 2.24) is 14.9 Å². The Morgan fingerprint density at radius 1 is 1.00 bits per heavy atom. The molecule has 0 aliphatic heterocycles. The molecule has 1 aliphatic rings. The number of aromatic nitrogens is 2. The van der Waals surface area contributed by atoms with Gasteiger partial charge < -0.3 is 10.6 Å². The quantitative estimate of drug-likeness (QED) is 0.286. The average molecular weight is 499 g/mol. The van der Waals surface area contributed by atoms with Gasteiger partial charge in [-0.1, -0.05) is 48.2 Å². The molecular formula is C28H26N4O3S. The molecular weight excluding hydrogens is 472 g/mol. The summed E-state index contributed by atoms with van der Waals surface area (Å²) in [4.78, 5) is 43.5. The summed E-state index contributed by atoms with van der Waals surface area (Å²) < 4.78 is 1.60. The van der Waals surface area contributed by atoms with E-state index in [-0.39, 0.29) is 29.2 Å². The van der Waals surface area contributed by atoms with Crippen LogP contribution in [0.3, 0.4) is 0 Å². The molecule has 0 spiro atoms. The molecule has 3 aromatic carbocycles. The third kappa shape index (κ3) is 5.04. The van der Waals surface area contributed by atoms with Crippen molar-refractivity contribution in [1.29, 1.82) is 0 Å². The molecule has 7 nitrogen and oxygen atoms in total. The maximum Gasteiger partial charge on any atom is 0.266 e. The number of benzene rings is 3. The van der Waals surface area contributed by atoms with E-state index in [1.807, 2.05) is 44.2 Å². The highest BCUT2D eigenvalue weighted by atomic mass is 32.2. The van der Waals surface area contributed by atoms with E-state index in [2.05, 4.69) is 10.6 Å². The van der Waals surface area contributed by atoms with Crippen LogP contribution in [0.2, 0.25) is 0 Å². The number of para-hydroxylation sites is 2. The van der Waals surface area contributed by atoms with Crippen molar-refractivity contribution < 1.29 is 9.59 Å². The molecule has 4 aromatic rings. The Morgan fingerprint density at radius 2 is 1.72 bits per heavy atom. The Balaban J connectivity index is 1.40. The maximum atomic E-state index is 13.5. The maximum absolute atomic E-state index is 13.5. The number of fused-ring (bicyclic) bond motifs is 1. The summed E-state index contributed by atoms with van der Waals surface area (Å²) in [5.74, 6) is -0.343. The first kappa shape index (κ1) is 23.8. The Hall–Kier alpha value is -3.91. The van der Waals surface area contributed by atoms with Gasteiger partial charge in [-0.25, -0.2) is 4.98 Å². The molecule has 0 unspecified atom stereocenters. The van der Waals surface area contributed by atoms with Gasteiger partial charge in [-0.3, -0.25) is 19.0 Å². The second kappa shape index (κ2) is 9.99. The molecule has 1 aliphatic carbocycles. The van der Waals surface area contributed by atoms with E-state index >= 15 is 0 Å². The van der Waals surface area contributed by atoms with Crippen molar-refractivity contribution in [3.8, 4) is 5.69 Å². The first-order valence-electron chi connectivity index (χ1n) is 11.8. The highest BCUT2D eigenvalue weighted by molar-refractivity contribution is 7.99. The summed E-state index contributed by atoms with van der Waals surface area (Å²) >= 11 is 1.20. The zero-order valence-electron chi connectivity index (χ0n) is 20.1. The van der Waals surface area contributed by atoms with Crippen molar-refractivity contribution in [2.75, 3.05) is 11.1 Å². The monoisotopic (exact) mass is 498 g/mol. The molecule has 1 saturated carbocycles. The second-order valence-corrected chi connectivity index (χ2v) is 9.90. The number of nitrogens with one attached hydrogen (secondary N) is 2. The van der Waals surface area contributed by atoms with Crippen molar-refractivity contribution >= 4 is 40.2 Å². The van der Waals surface area contributed by atoms with Crippen LogP contribution in [-0.2, 0) is 4.79 Å². The minimum absolute atomic E-state index is 0.0498. The molecule has 8 heteroatoms. The minimum atomic E-state index is -0.254. The van der Waals surface area contributed by atoms with Crippen LogP contribution in [0.25, 0.3) is 16.6 Å². The van der Waals surface area contributed by atoms with Crippen molar-refractivity contribution in [2.45, 2.75) is 37.9 Å². The molecule has 0 bridgehead atoms. The van der Waals surface area contributed by atoms with Gasteiger partial charge in [0, 0.05) is 17.3 Å². The SMILES string of the molecule is Cc1cccc(C)c1-n1c(SCC(=O)Nc2cccc(C(=O)NC3CC3)c2)nc2ccccc2c1=O. The summed E-state index contributed by atoms with van der Waals surface area (Å²) in [7, 11) is 0. The van der Waals surface area contributed by atoms with Crippen LogP contribution in [0, 0.1) is 13.8 Å². The lowest BCUT2D eigenvalue weighted by Gasteiger charge is -2.17. The zero-order chi connectivity index (χ0) is 25.2. The predicted octanol–water partition coefficient (Wildman–Crippen LogP) is 4.63. The molecule has 0 saturated heterocycles. The summed E-state index contributed by atoms with van der Waals surface area (Å²) in [6.07, 6.45) is 2.02. The number of thioether (sulfide) groups is 1. The Bertz CT molecular complexity index is 1520. The van der Waals surface area contributed by atoms with Gasteiger partial charge in [0.25, 0.3) is 11.5 Å². The van der Waals surface area contributed by atoms with Gasteiger partial charge in [-0.05, 0) is 68.1 Å². The first-order valence-corrected chi connectivity index (χ1v) is 12.8. The van der Waals surface area contributed by atoms with E-state index in [1.165, 1.54) is 11.8 Å². The third-order valence-electron chi connectivity index (χ3n) is 6.06. The van der Waals surface area contributed by atoms with Gasteiger partial charge in [-0.2, -0.15) is 0 Å². The van der Waals surface area contributed by atoms with Crippen molar-refractivity contribution in [3.05, 3.63) is 93.8 Å². The Morgan fingerprint density at radius 3 is 2.47 bits per heavy atom.